The second-order valence-corrected chi connectivity index (χ2v) is 10.3. The van der Waals surface area contributed by atoms with Gasteiger partial charge in [0.1, 0.15) is 11.1 Å². The molecule has 1 heterocycles. The van der Waals surface area contributed by atoms with Crippen LogP contribution in [-0.2, 0) is 27.3 Å². The van der Waals surface area contributed by atoms with Gasteiger partial charge in [-0.25, -0.2) is 0 Å². The maximum atomic E-state index is 14.8. The number of rotatable bonds is 10. The van der Waals surface area contributed by atoms with E-state index in [4.69, 9.17) is 32.5 Å². The van der Waals surface area contributed by atoms with Gasteiger partial charge in [0.05, 0.1) is 12.8 Å². The Labute approximate surface area is 216 Å². The molecule has 0 fully saturated rings. The summed E-state index contributed by atoms with van der Waals surface area (Å²) in [5, 5.41) is 1.82. The third-order valence-corrected chi connectivity index (χ3v) is 6.94. The van der Waals surface area contributed by atoms with E-state index in [9.17, 15) is 22.0 Å². The molecule has 2 aromatic carbocycles. The Morgan fingerprint density at radius 1 is 1.17 bits per heavy atom. The zero-order valence-corrected chi connectivity index (χ0v) is 21.3. The summed E-state index contributed by atoms with van der Waals surface area (Å²) in [7, 11) is -3.65. The van der Waals surface area contributed by atoms with Crippen molar-refractivity contribution in [2.24, 2.45) is 0 Å². The molecule has 1 aromatic heterocycles. The van der Waals surface area contributed by atoms with Crippen LogP contribution in [0.5, 0.6) is 6.01 Å². The summed E-state index contributed by atoms with van der Waals surface area (Å²) >= 11 is 12.1. The van der Waals surface area contributed by atoms with Crippen LogP contribution >= 0.6 is 23.2 Å². The number of carbonyl (C=O) groups is 1. The normalized spacial score (nSPS) is 12.8. The molecule has 0 radical (unpaired) electrons. The molecule has 0 spiro atoms. The molecule has 2 N–H and O–H groups in total. The Hall–Kier alpha value is -2.86. The number of anilines is 1. The molecule has 0 aliphatic heterocycles. The monoisotopic (exact) mass is 559 g/mol. The van der Waals surface area contributed by atoms with Crippen LogP contribution in [0.2, 0.25) is 10.0 Å². The number of nitrogens with zero attached hydrogens (tertiary/aromatic N) is 2. The molecule has 0 bridgehead atoms. The Morgan fingerprint density at radius 2 is 1.89 bits per heavy atom. The van der Waals surface area contributed by atoms with Crippen molar-refractivity contribution in [3.63, 3.8) is 0 Å². The van der Waals surface area contributed by atoms with Crippen molar-refractivity contribution in [3.8, 4) is 17.3 Å². The molecule has 3 rings (SSSR count). The minimum absolute atomic E-state index is 0.0345. The Balaban J connectivity index is 1.86. The van der Waals surface area contributed by atoms with Crippen LogP contribution in [0.15, 0.2) is 48.5 Å². The topological polar surface area (TPSA) is 118 Å². The maximum Gasteiger partial charge on any atom is 0.331 e. The average molecular weight is 560 g/mol. The first-order chi connectivity index (χ1) is 16.8. The quantitative estimate of drug-likeness (QED) is 0.331. The van der Waals surface area contributed by atoms with Crippen molar-refractivity contribution in [1.82, 2.24) is 9.97 Å². The number of Topliss-reactive ketones (excluding diaryl/α,β-unsaturated/α-hetero) is 1. The minimum atomic E-state index is -4.99. The van der Waals surface area contributed by atoms with E-state index in [2.05, 4.69) is 15.3 Å². The number of aromatic nitrogens is 2. The van der Waals surface area contributed by atoms with Gasteiger partial charge in [-0.3, -0.25) is 9.35 Å². The fourth-order valence-electron chi connectivity index (χ4n) is 3.21. The van der Waals surface area contributed by atoms with Crippen molar-refractivity contribution >= 4 is 44.9 Å². The number of carbonyl (C=O) groups excluding carboxylic acids is 1. The van der Waals surface area contributed by atoms with Gasteiger partial charge in [-0.15, -0.1) is 0 Å². The van der Waals surface area contributed by atoms with Crippen LogP contribution in [0.25, 0.3) is 11.3 Å². The third kappa shape index (κ3) is 6.47. The van der Waals surface area contributed by atoms with Crippen molar-refractivity contribution < 1.29 is 31.3 Å². The molecule has 36 heavy (non-hydrogen) atoms. The minimum Gasteiger partial charge on any atom is -0.467 e. The van der Waals surface area contributed by atoms with Crippen LogP contribution in [0.4, 0.5) is 14.6 Å². The van der Waals surface area contributed by atoms with E-state index in [1.165, 1.54) is 25.3 Å². The fourth-order valence-corrected chi connectivity index (χ4v) is 4.13. The van der Waals surface area contributed by atoms with Gasteiger partial charge in [0, 0.05) is 33.8 Å². The fraction of sp³-hybridized carbons (Fsp3) is 0.261. The summed E-state index contributed by atoms with van der Waals surface area (Å²) in [4.78, 5) is 20.5. The number of benzene rings is 2. The zero-order valence-electron chi connectivity index (χ0n) is 19.0. The second-order valence-electron chi connectivity index (χ2n) is 7.71. The highest BCUT2D eigenvalue weighted by Crippen LogP contribution is 2.34. The predicted octanol–water partition coefficient (Wildman–Crippen LogP) is 5.05. The number of halogens is 4. The highest BCUT2D eigenvalue weighted by atomic mass is 35.5. The lowest BCUT2D eigenvalue weighted by Gasteiger charge is -2.19. The number of methoxy groups -OCH3 is 1. The molecule has 192 valence electrons. The number of nitrogens with one attached hydrogen (secondary N) is 1. The van der Waals surface area contributed by atoms with E-state index in [0.29, 0.717) is 35.8 Å². The summed E-state index contributed by atoms with van der Waals surface area (Å²) < 4.78 is 66.2. The van der Waals surface area contributed by atoms with Crippen molar-refractivity contribution in [2.75, 3.05) is 19.0 Å². The van der Waals surface area contributed by atoms with E-state index in [1.807, 2.05) is 0 Å². The molecule has 0 aliphatic carbocycles. The number of hydrogen-bond donors (Lipinski definition) is 2. The molecule has 0 aliphatic rings. The first-order valence-electron chi connectivity index (χ1n) is 10.4. The lowest BCUT2D eigenvalue weighted by Crippen LogP contribution is -2.38. The van der Waals surface area contributed by atoms with Gasteiger partial charge in [0.15, 0.2) is 0 Å². The predicted molar refractivity (Wildman–Crippen MR) is 133 cm³/mol. The largest absolute Gasteiger partial charge is 0.467 e. The summed E-state index contributed by atoms with van der Waals surface area (Å²) in [6, 6.07) is 11.4. The number of ketones is 1. The van der Waals surface area contributed by atoms with E-state index >= 15 is 0 Å². The molecular formula is C23H21Cl2F2N3O5S. The lowest BCUT2D eigenvalue weighted by molar-refractivity contribution is -0.143. The number of alkyl halides is 2. The lowest BCUT2D eigenvalue weighted by atomic mass is 9.99. The summed E-state index contributed by atoms with van der Waals surface area (Å²) in [6.07, 6.45) is 0.535. The standard InChI is InChI=1S/C23H21Cl2F2N3O5S/c1-13(36(32,33)34)21(31)23(26,27)16-5-3-4-15(10-16)19-12-20(30-22(29-19)35-2)28-9-8-14-6-7-17(24)11-18(14)25/h3-7,10-13H,8-9H2,1-2H3,(H,28,29,30)(H,32,33,34). The number of hydrogen-bond acceptors (Lipinski definition) is 7. The molecule has 1 atom stereocenters. The maximum absolute atomic E-state index is 14.8. The van der Waals surface area contributed by atoms with Gasteiger partial charge < -0.3 is 10.1 Å². The molecule has 0 saturated heterocycles. The first kappa shape index (κ1) is 27.7. The van der Waals surface area contributed by atoms with Crippen molar-refractivity contribution in [1.29, 1.82) is 0 Å². The van der Waals surface area contributed by atoms with Gasteiger partial charge in [-0.05, 0) is 37.1 Å². The molecule has 8 nitrogen and oxygen atoms in total. The molecular weight excluding hydrogens is 539 g/mol. The van der Waals surface area contributed by atoms with E-state index in [0.717, 1.165) is 17.7 Å². The van der Waals surface area contributed by atoms with Gasteiger partial charge in [0.25, 0.3) is 10.1 Å². The van der Waals surface area contributed by atoms with Gasteiger partial charge in [-0.1, -0.05) is 47.5 Å². The zero-order chi connectivity index (χ0) is 26.7. The first-order valence-corrected chi connectivity index (χ1v) is 12.7. The highest BCUT2D eigenvalue weighted by Gasteiger charge is 2.47. The smallest absolute Gasteiger partial charge is 0.331 e. The highest BCUT2D eigenvalue weighted by molar-refractivity contribution is 7.87. The third-order valence-electron chi connectivity index (χ3n) is 5.25. The van der Waals surface area contributed by atoms with Crippen LogP contribution in [-0.4, -0.2) is 47.6 Å². The Morgan fingerprint density at radius 3 is 2.53 bits per heavy atom. The molecule has 13 heteroatoms. The molecule has 0 amide bonds. The number of ether oxygens (including phenoxy) is 1. The Kier molecular flexibility index (Phi) is 8.50. The SMILES string of the molecule is COc1nc(NCCc2ccc(Cl)cc2Cl)cc(-c2cccc(C(F)(F)C(=O)C(C)S(=O)(=O)O)c2)n1. The molecule has 1 unspecified atom stereocenters. The second kappa shape index (κ2) is 11.0. The molecule has 0 saturated carbocycles. The van der Waals surface area contributed by atoms with Crippen molar-refractivity contribution in [2.45, 2.75) is 24.5 Å². The van der Waals surface area contributed by atoms with Gasteiger partial charge in [-0.2, -0.15) is 27.2 Å². The van der Waals surface area contributed by atoms with Crippen LogP contribution in [0.3, 0.4) is 0 Å². The van der Waals surface area contributed by atoms with Gasteiger partial charge >= 0.3 is 11.9 Å². The summed E-state index contributed by atoms with van der Waals surface area (Å²) in [6.45, 7) is 1.11. The van der Waals surface area contributed by atoms with E-state index in [-0.39, 0.29) is 17.3 Å². The van der Waals surface area contributed by atoms with Crippen LogP contribution in [0.1, 0.15) is 18.1 Å². The van der Waals surface area contributed by atoms with Crippen molar-refractivity contribution in [3.05, 3.63) is 69.7 Å². The average Bonchev–Trinajstić information content (AvgIpc) is 2.83. The van der Waals surface area contributed by atoms with E-state index < -0.39 is 32.6 Å². The van der Waals surface area contributed by atoms with E-state index in [1.54, 1.807) is 18.2 Å². The van der Waals surface area contributed by atoms with Crippen LogP contribution in [0, 0.1) is 0 Å². The van der Waals surface area contributed by atoms with Crippen LogP contribution < -0.4 is 10.1 Å². The molecule has 3 aromatic rings. The Bertz CT molecular complexity index is 1390. The summed E-state index contributed by atoms with van der Waals surface area (Å²) in [5.74, 6) is -5.79. The summed E-state index contributed by atoms with van der Waals surface area (Å²) in [5.41, 5.74) is 0.504. The van der Waals surface area contributed by atoms with Gasteiger partial charge in [0.2, 0.25) is 5.78 Å².